The lowest BCUT2D eigenvalue weighted by Crippen LogP contribution is -2.12. The first kappa shape index (κ1) is 14.4. The van der Waals surface area contributed by atoms with Crippen molar-refractivity contribution in [1.29, 1.82) is 0 Å². The molecule has 1 aromatic rings. The third kappa shape index (κ3) is 5.97. The van der Waals surface area contributed by atoms with E-state index in [2.05, 4.69) is 26.0 Å². The molecular formula is C9H17BrN4O3. The second-order valence-electron chi connectivity index (χ2n) is 3.18. The van der Waals surface area contributed by atoms with Crippen molar-refractivity contribution in [2.45, 2.75) is 6.54 Å². The van der Waals surface area contributed by atoms with Crippen LogP contribution in [-0.2, 0) is 20.8 Å². The fraction of sp³-hybridized carbons (Fsp3) is 0.778. The molecule has 1 aromatic heterocycles. The molecule has 0 amide bonds. The Morgan fingerprint density at radius 3 is 2.41 bits per heavy atom. The minimum atomic E-state index is 0.250. The highest BCUT2D eigenvalue weighted by Crippen LogP contribution is 2.07. The Morgan fingerprint density at radius 1 is 1.18 bits per heavy atom. The number of halogens is 1. The molecule has 0 unspecified atom stereocenters. The fourth-order valence-electron chi connectivity index (χ4n) is 1.10. The Bertz CT molecular complexity index is 321. The van der Waals surface area contributed by atoms with E-state index in [0.717, 1.165) is 0 Å². The number of nitrogens with two attached hydrogens (primary N) is 1. The molecule has 0 aliphatic carbocycles. The number of methoxy groups -OCH3 is 1. The zero-order valence-electron chi connectivity index (χ0n) is 9.76. The van der Waals surface area contributed by atoms with Gasteiger partial charge in [0.1, 0.15) is 0 Å². The molecule has 0 aromatic carbocycles. The Kier molecular flexibility index (Phi) is 7.10. The summed E-state index contributed by atoms with van der Waals surface area (Å²) in [6, 6.07) is 0. The average Bonchev–Trinajstić information content (AvgIpc) is 2.61. The minimum absolute atomic E-state index is 0.250. The summed E-state index contributed by atoms with van der Waals surface area (Å²) in [5, 5.41) is 3.98. The molecule has 0 radical (unpaired) electrons. The van der Waals surface area contributed by atoms with Crippen LogP contribution in [-0.4, -0.2) is 54.9 Å². The molecule has 2 N–H and O–H groups in total. The van der Waals surface area contributed by atoms with E-state index in [-0.39, 0.29) is 5.95 Å². The van der Waals surface area contributed by atoms with E-state index in [1.165, 1.54) is 0 Å². The maximum atomic E-state index is 5.43. The van der Waals surface area contributed by atoms with Crippen LogP contribution in [0.5, 0.6) is 0 Å². The predicted octanol–water partition coefficient (Wildman–Crippen LogP) is 0.302. The summed E-state index contributed by atoms with van der Waals surface area (Å²) in [5.41, 5.74) is 5.43. The second-order valence-corrected chi connectivity index (χ2v) is 3.89. The predicted molar refractivity (Wildman–Crippen MR) is 65.6 cm³/mol. The minimum Gasteiger partial charge on any atom is -0.382 e. The molecule has 0 saturated carbocycles. The van der Waals surface area contributed by atoms with Gasteiger partial charge in [0.25, 0.3) is 0 Å². The highest BCUT2D eigenvalue weighted by atomic mass is 79.9. The van der Waals surface area contributed by atoms with Crippen LogP contribution < -0.4 is 5.73 Å². The third-order valence-corrected chi connectivity index (χ3v) is 2.48. The van der Waals surface area contributed by atoms with E-state index in [0.29, 0.717) is 44.3 Å². The van der Waals surface area contributed by atoms with Gasteiger partial charge in [-0.15, -0.1) is 5.10 Å². The quantitative estimate of drug-likeness (QED) is 0.661. The Morgan fingerprint density at radius 2 is 1.82 bits per heavy atom. The van der Waals surface area contributed by atoms with Crippen molar-refractivity contribution < 1.29 is 14.2 Å². The lowest BCUT2D eigenvalue weighted by atomic mass is 10.6. The van der Waals surface area contributed by atoms with Crippen LogP contribution in [0.15, 0.2) is 4.73 Å². The van der Waals surface area contributed by atoms with Gasteiger partial charge in [0.2, 0.25) is 5.95 Å². The summed E-state index contributed by atoms with van der Waals surface area (Å²) in [7, 11) is 1.64. The van der Waals surface area contributed by atoms with Crippen LogP contribution in [0.25, 0.3) is 0 Å². The zero-order chi connectivity index (χ0) is 12.5. The van der Waals surface area contributed by atoms with E-state index < -0.39 is 0 Å². The standard InChI is InChI=1S/C9H17BrN4O3/c1-15-4-5-17-7-6-16-3-2-14-8(10)12-9(11)13-14/h2-7H2,1H3,(H2,11,13). The van der Waals surface area contributed by atoms with Gasteiger partial charge in [-0.3, -0.25) is 0 Å². The molecule has 0 aliphatic heterocycles. The highest BCUT2D eigenvalue weighted by Gasteiger charge is 2.03. The van der Waals surface area contributed by atoms with Crippen molar-refractivity contribution in [3.8, 4) is 0 Å². The van der Waals surface area contributed by atoms with Crippen molar-refractivity contribution in [1.82, 2.24) is 14.8 Å². The summed E-state index contributed by atoms with van der Waals surface area (Å²) < 4.78 is 17.7. The van der Waals surface area contributed by atoms with Crippen LogP contribution in [0.1, 0.15) is 0 Å². The Labute approximate surface area is 108 Å². The van der Waals surface area contributed by atoms with Crippen molar-refractivity contribution >= 4 is 21.9 Å². The molecule has 0 spiro atoms. The van der Waals surface area contributed by atoms with Gasteiger partial charge >= 0.3 is 0 Å². The van der Waals surface area contributed by atoms with E-state index in [1.54, 1.807) is 11.8 Å². The van der Waals surface area contributed by atoms with Crippen LogP contribution in [0.2, 0.25) is 0 Å². The van der Waals surface area contributed by atoms with Crippen molar-refractivity contribution in [2.24, 2.45) is 0 Å². The van der Waals surface area contributed by atoms with E-state index in [9.17, 15) is 0 Å². The topological polar surface area (TPSA) is 84.4 Å². The second kappa shape index (κ2) is 8.40. The molecule has 0 bridgehead atoms. The molecule has 0 fully saturated rings. The monoisotopic (exact) mass is 308 g/mol. The van der Waals surface area contributed by atoms with Gasteiger partial charge in [0, 0.05) is 7.11 Å². The summed E-state index contributed by atoms with van der Waals surface area (Å²) in [4.78, 5) is 3.91. The van der Waals surface area contributed by atoms with Crippen LogP contribution in [0.3, 0.4) is 0 Å². The first-order chi connectivity index (χ1) is 8.24. The lowest BCUT2D eigenvalue weighted by molar-refractivity contribution is 0.0224. The van der Waals surface area contributed by atoms with Gasteiger partial charge in [0.15, 0.2) is 4.73 Å². The fourth-order valence-corrected chi connectivity index (χ4v) is 1.54. The third-order valence-electron chi connectivity index (χ3n) is 1.89. The molecule has 8 heteroatoms. The van der Waals surface area contributed by atoms with Crippen LogP contribution >= 0.6 is 15.9 Å². The largest absolute Gasteiger partial charge is 0.382 e. The van der Waals surface area contributed by atoms with E-state index in [4.69, 9.17) is 19.9 Å². The molecule has 7 nitrogen and oxygen atoms in total. The highest BCUT2D eigenvalue weighted by molar-refractivity contribution is 9.10. The maximum absolute atomic E-state index is 5.43. The SMILES string of the molecule is COCCOCCOCCn1nc(N)nc1Br. The van der Waals surface area contributed by atoms with Crippen molar-refractivity contribution in [2.75, 3.05) is 45.9 Å². The molecule has 0 aliphatic rings. The van der Waals surface area contributed by atoms with Crippen molar-refractivity contribution in [3.63, 3.8) is 0 Å². The van der Waals surface area contributed by atoms with Crippen LogP contribution in [0, 0.1) is 0 Å². The normalized spacial score (nSPS) is 10.9. The van der Waals surface area contributed by atoms with Crippen molar-refractivity contribution in [3.05, 3.63) is 4.73 Å². The van der Waals surface area contributed by atoms with Gasteiger partial charge in [-0.25, -0.2) is 4.68 Å². The van der Waals surface area contributed by atoms with Gasteiger partial charge in [-0.05, 0) is 15.9 Å². The zero-order valence-corrected chi connectivity index (χ0v) is 11.4. The lowest BCUT2D eigenvalue weighted by Gasteiger charge is -2.05. The number of rotatable bonds is 9. The van der Waals surface area contributed by atoms with Gasteiger partial charge in [0.05, 0.1) is 39.6 Å². The molecule has 98 valence electrons. The number of nitrogens with zero attached hydrogens (tertiary/aromatic N) is 3. The van der Waals surface area contributed by atoms with E-state index in [1.807, 2.05) is 0 Å². The Hall–Kier alpha value is -0.700. The summed E-state index contributed by atoms with van der Waals surface area (Å²) in [5.74, 6) is 0.250. The first-order valence-corrected chi connectivity index (χ1v) is 6.03. The number of hydrogen-bond donors (Lipinski definition) is 1. The number of aromatic nitrogens is 3. The Balaban J connectivity index is 1.99. The number of anilines is 1. The molecule has 1 heterocycles. The first-order valence-electron chi connectivity index (χ1n) is 5.24. The van der Waals surface area contributed by atoms with Gasteiger partial charge < -0.3 is 19.9 Å². The van der Waals surface area contributed by atoms with Crippen LogP contribution in [0.4, 0.5) is 5.95 Å². The molecule has 1 rings (SSSR count). The summed E-state index contributed by atoms with van der Waals surface area (Å²) >= 11 is 3.24. The van der Waals surface area contributed by atoms with Gasteiger partial charge in [-0.1, -0.05) is 0 Å². The number of ether oxygens (including phenoxy) is 3. The number of nitrogen functional groups attached to an aromatic ring is 1. The molecule has 0 saturated heterocycles. The van der Waals surface area contributed by atoms with Gasteiger partial charge in [-0.2, -0.15) is 4.98 Å². The summed E-state index contributed by atoms with van der Waals surface area (Å²) in [6.07, 6.45) is 0. The smallest absolute Gasteiger partial charge is 0.240 e. The summed E-state index contributed by atoms with van der Waals surface area (Å²) in [6.45, 7) is 3.43. The molecular weight excluding hydrogens is 292 g/mol. The van der Waals surface area contributed by atoms with E-state index >= 15 is 0 Å². The molecule has 0 atom stereocenters. The maximum Gasteiger partial charge on any atom is 0.240 e. The molecule has 17 heavy (non-hydrogen) atoms. The number of hydrogen-bond acceptors (Lipinski definition) is 6. The average molecular weight is 309 g/mol.